The lowest BCUT2D eigenvalue weighted by Gasteiger charge is -2.34. The molecule has 1 fully saturated rings. The largest absolute Gasteiger partial charge is 0.444 e. The molecule has 20 heavy (non-hydrogen) atoms. The van der Waals surface area contributed by atoms with Crippen LogP contribution in [0.2, 0.25) is 0 Å². The first-order chi connectivity index (χ1) is 9.28. The van der Waals surface area contributed by atoms with E-state index in [1.807, 2.05) is 34.6 Å². The molecule has 5 heteroatoms. The Morgan fingerprint density at radius 1 is 1.40 bits per heavy atom. The highest BCUT2D eigenvalue weighted by molar-refractivity contribution is 5.68. The number of ether oxygens (including phenoxy) is 2. The summed E-state index contributed by atoms with van der Waals surface area (Å²) in [5.41, 5.74) is -0.428. The van der Waals surface area contributed by atoms with Gasteiger partial charge in [-0.05, 0) is 47.5 Å². The molecule has 1 unspecified atom stereocenters. The van der Waals surface area contributed by atoms with Crippen molar-refractivity contribution in [3.8, 4) is 0 Å². The van der Waals surface area contributed by atoms with Crippen molar-refractivity contribution in [1.82, 2.24) is 10.2 Å². The zero-order valence-corrected chi connectivity index (χ0v) is 13.6. The van der Waals surface area contributed by atoms with E-state index in [-0.39, 0.29) is 12.2 Å². The van der Waals surface area contributed by atoms with Crippen LogP contribution >= 0.6 is 0 Å². The topological polar surface area (TPSA) is 50.8 Å². The van der Waals surface area contributed by atoms with Crippen molar-refractivity contribution < 1.29 is 14.3 Å². The predicted octanol–water partition coefficient (Wildman–Crippen LogP) is 2.40. The Morgan fingerprint density at radius 3 is 2.70 bits per heavy atom. The zero-order valence-electron chi connectivity index (χ0n) is 13.6. The van der Waals surface area contributed by atoms with Crippen LogP contribution in [0.3, 0.4) is 0 Å². The third kappa shape index (κ3) is 7.10. The maximum Gasteiger partial charge on any atom is 0.410 e. The van der Waals surface area contributed by atoms with E-state index in [0.717, 1.165) is 32.5 Å². The van der Waals surface area contributed by atoms with Crippen LogP contribution in [-0.2, 0) is 9.47 Å². The molecule has 1 amide bonds. The third-order valence-electron chi connectivity index (χ3n) is 3.06. The molecule has 0 bridgehead atoms. The summed E-state index contributed by atoms with van der Waals surface area (Å²) < 4.78 is 10.9. The minimum Gasteiger partial charge on any atom is -0.444 e. The van der Waals surface area contributed by atoms with Gasteiger partial charge in [0, 0.05) is 25.7 Å². The van der Waals surface area contributed by atoms with Crippen molar-refractivity contribution >= 4 is 6.09 Å². The Labute approximate surface area is 123 Å². The monoisotopic (exact) mass is 286 g/mol. The molecule has 118 valence electrons. The van der Waals surface area contributed by atoms with Crippen molar-refractivity contribution in [3.63, 3.8) is 0 Å². The highest BCUT2D eigenvalue weighted by Gasteiger charge is 2.27. The molecule has 1 saturated heterocycles. The fourth-order valence-corrected chi connectivity index (χ4v) is 2.19. The number of nitrogens with one attached hydrogen (secondary N) is 1. The number of rotatable bonds is 5. The van der Waals surface area contributed by atoms with Gasteiger partial charge in [0.1, 0.15) is 5.60 Å². The summed E-state index contributed by atoms with van der Waals surface area (Å²) in [6.07, 6.45) is 2.17. The molecule has 1 heterocycles. The smallest absolute Gasteiger partial charge is 0.410 e. The molecular weight excluding hydrogens is 256 g/mol. The normalized spacial score (nSPS) is 20.3. The molecule has 0 spiro atoms. The summed E-state index contributed by atoms with van der Waals surface area (Å²) in [6.45, 7) is 12.8. The van der Waals surface area contributed by atoms with Crippen LogP contribution in [0.15, 0.2) is 0 Å². The summed E-state index contributed by atoms with van der Waals surface area (Å²) in [5.74, 6) is 0. The average molecular weight is 286 g/mol. The number of carbonyl (C=O) groups excluding carboxylic acids is 1. The van der Waals surface area contributed by atoms with Gasteiger partial charge in [-0.25, -0.2) is 4.79 Å². The summed E-state index contributed by atoms with van der Waals surface area (Å²) in [6, 6.07) is 0.340. The van der Waals surface area contributed by atoms with E-state index in [1.165, 1.54) is 0 Å². The van der Waals surface area contributed by atoms with Gasteiger partial charge in [0.2, 0.25) is 0 Å². The van der Waals surface area contributed by atoms with Crippen LogP contribution in [0, 0.1) is 0 Å². The summed E-state index contributed by atoms with van der Waals surface area (Å²) >= 11 is 0. The van der Waals surface area contributed by atoms with Crippen molar-refractivity contribution in [2.75, 3.05) is 26.2 Å². The second kappa shape index (κ2) is 7.84. The molecule has 0 radical (unpaired) electrons. The maximum absolute atomic E-state index is 12.0. The Morgan fingerprint density at radius 2 is 2.10 bits per heavy atom. The van der Waals surface area contributed by atoms with Gasteiger partial charge in [-0.2, -0.15) is 0 Å². The summed E-state index contributed by atoms with van der Waals surface area (Å²) in [7, 11) is 0. The van der Waals surface area contributed by atoms with Gasteiger partial charge in [0.15, 0.2) is 0 Å². The fraction of sp³-hybridized carbons (Fsp3) is 0.933. The van der Waals surface area contributed by atoms with E-state index >= 15 is 0 Å². The number of hydrogen-bond acceptors (Lipinski definition) is 4. The summed E-state index contributed by atoms with van der Waals surface area (Å²) in [5, 5.41) is 3.45. The number of piperidine rings is 1. The van der Waals surface area contributed by atoms with Gasteiger partial charge in [-0.1, -0.05) is 0 Å². The second-order valence-corrected chi connectivity index (χ2v) is 6.64. The highest BCUT2D eigenvalue weighted by Crippen LogP contribution is 2.15. The number of carbonyl (C=O) groups is 1. The number of nitrogens with zero attached hydrogens (tertiary/aromatic N) is 1. The molecule has 5 nitrogen and oxygen atoms in total. The van der Waals surface area contributed by atoms with Crippen LogP contribution < -0.4 is 5.32 Å². The Balaban J connectivity index is 2.29. The van der Waals surface area contributed by atoms with E-state index in [0.29, 0.717) is 12.6 Å². The Hall–Kier alpha value is -0.810. The lowest BCUT2D eigenvalue weighted by molar-refractivity contribution is 0.0181. The molecule has 1 rings (SSSR count). The Bertz CT molecular complexity index is 300. The van der Waals surface area contributed by atoms with E-state index in [1.54, 1.807) is 4.90 Å². The molecule has 0 aliphatic carbocycles. The first-order valence-corrected chi connectivity index (χ1v) is 7.61. The lowest BCUT2D eigenvalue weighted by atomic mass is 10.1. The number of amides is 1. The van der Waals surface area contributed by atoms with Crippen molar-refractivity contribution in [2.45, 2.75) is 65.2 Å². The van der Waals surface area contributed by atoms with E-state index in [2.05, 4.69) is 5.32 Å². The predicted molar refractivity (Wildman–Crippen MR) is 79.9 cm³/mol. The number of likely N-dealkylation sites (tertiary alicyclic amines) is 1. The van der Waals surface area contributed by atoms with Gasteiger partial charge in [0.25, 0.3) is 0 Å². The molecule has 1 atom stereocenters. The SMILES string of the molecule is CC(C)OCCNC1CCCN(C(=O)OC(C)(C)C)C1. The van der Waals surface area contributed by atoms with E-state index in [9.17, 15) is 4.79 Å². The third-order valence-corrected chi connectivity index (χ3v) is 3.06. The van der Waals surface area contributed by atoms with Gasteiger partial charge in [-0.15, -0.1) is 0 Å². The quantitative estimate of drug-likeness (QED) is 0.789. The van der Waals surface area contributed by atoms with E-state index < -0.39 is 5.60 Å². The number of hydrogen-bond donors (Lipinski definition) is 1. The lowest BCUT2D eigenvalue weighted by Crippen LogP contribution is -2.49. The van der Waals surface area contributed by atoms with E-state index in [4.69, 9.17) is 9.47 Å². The maximum atomic E-state index is 12.0. The Kier molecular flexibility index (Phi) is 6.76. The van der Waals surface area contributed by atoms with Crippen LogP contribution in [0.25, 0.3) is 0 Å². The second-order valence-electron chi connectivity index (χ2n) is 6.64. The molecular formula is C15H30N2O3. The van der Waals surface area contributed by atoms with Crippen molar-refractivity contribution in [1.29, 1.82) is 0 Å². The van der Waals surface area contributed by atoms with Crippen molar-refractivity contribution in [2.24, 2.45) is 0 Å². The average Bonchev–Trinajstić information content (AvgIpc) is 2.33. The van der Waals surface area contributed by atoms with Crippen LogP contribution in [-0.4, -0.2) is 55.0 Å². The molecule has 1 N–H and O–H groups in total. The van der Waals surface area contributed by atoms with Crippen molar-refractivity contribution in [3.05, 3.63) is 0 Å². The summed E-state index contributed by atoms with van der Waals surface area (Å²) in [4.78, 5) is 13.8. The molecule has 1 aliphatic rings. The molecule has 0 aromatic carbocycles. The first kappa shape index (κ1) is 17.2. The van der Waals surface area contributed by atoms with Crippen LogP contribution in [0.4, 0.5) is 4.79 Å². The standard InChI is InChI=1S/C15H30N2O3/c1-12(2)19-10-8-16-13-7-6-9-17(11-13)14(18)20-15(3,4)5/h12-13,16H,6-11H2,1-5H3. The zero-order chi connectivity index (χ0) is 15.2. The van der Waals surface area contributed by atoms with Crippen LogP contribution in [0.1, 0.15) is 47.5 Å². The molecule has 0 aromatic rings. The van der Waals surface area contributed by atoms with Gasteiger partial charge >= 0.3 is 6.09 Å². The van der Waals surface area contributed by atoms with Gasteiger partial charge in [0.05, 0.1) is 12.7 Å². The molecule has 1 aliphatic heterocycles. The minimum absolute atomic E-state index is 0.206. The fourth-order valence-electron chi connectivity index (χ4n) is 2.19. The molecule has 0 aromatic heterocycles. The van der Waals surface area contributed by atoms with Gasteiger partial charge in [-0.3, -0.25) is 0 Å². The molecule has 0 saturated carbocycles. The highest BCUT2D eigenvalue weighted by atomic mass is 16.6. The minimum atomic E-state index is -0.428. The van der Waals surface area contributed by atoms with Gasteiger partial charge < -0.3 is 19.7 Å². The first-order valence-electron chi connectivity index (χ1n) is 7.61. The van der Waals surface area contributed by atoms with Crippen LogP contribution in [0.5, 0.6) is 0 Å².